The van der Waals surface area contributed by atoms with Gasteiger partial charge in [-0.2, -0.15) is 13.2 Å². The van der Waals surface area contributed by atoms with Gasteiger partial charge in [0.15, 0.2) is 0 Å². The van der Waals surface area contributed by atoms with E-state index < -0.39 is 17.6 Å². The number of nitrogens with zero attached hydrogens (tertiary/aromatic N) is 1. The molecule has 1 aromatic rings. The fourth-order valence-electron chi connectivity index (χ4n) is 2.97. The van der Waals surface area contributed by atoms with Crippen molar-refractivity contribution in [2.45, 2.75) is 32.0 Å². The number of benzene rings is 1. The second kappa shape index (κ2) is 6.32. The van der Waals surface area contributed by atoms with Crippen LogP contribution in [-0.4, -0.2) is 24.5 Å². The van der Waals surface area contributed by atoms with Gasteiger partial charge in [-0.25, -0.2) is 4.39 Å². The third-order valence-electron chi connectivity index (χ3n) is 4.03. The second-order valence-corrected chi connectivity index (χ2v) is 5.73. The molecular formula is C15H20F4N2. The number of hydrogen-bond donors (Lipinski definition) is 1. The predicted octanol–water partition coefficient (Wildman–Crippen LogP) is 3.58. The van der Waals surface area contributed by atoms with Crippen LogP contribution < -0.4 is 5.73 Å². The van der Waals surface area contributed by atoms with Crippen LogP contribution in [0.5, 0.6) is 0 Å². The highest BCUT2D eigenvalue weighted by Crippen LogP contribution is 2.34. The summed E-state index contributed by atoms with van der Waals surface area (Å²) >= 11 is 0. The minimum absolute atomic E-state index is 0.218. The summed E-state index contributed by atoms with van der Waals surface area (Å²) in [6.45, 7) is 3.95. The minimum atomic E-state index is -4.69. The zero-order chi connectivity index (χ0) is 15.6. The molecule has 2 unspecified atom stereocenters. The van der Waals surface area contributed by atoms with E-state index in [9.17, 15) is 17.6 Å². The molecule has 6 heteroatoms. The summed E-state index contributed by atoms with van der Waals surface area (Å²) in [5.74, 6) is -0.746. The van der Waals surface area contributed by atoms with Crippen LogP contribution in [0.1, 0.15) is 36.9 Å². The number of piperidine rings is 1. The highest BCUT2D eigenvalue weighted by atomic mass is 19.4. The quantitative estimate of drug-likeness (QED) is 0.865. The first-order chi connectivity index (χ1) is 9.82. The first-order valence-corrected chi connectivity index (χ1v) is 7.13. The lowest BCUT2D eigenvalue weighted by molar-refractivity contribution is -0.140. The van der Waals surface area contributed by atoms with Crippen molar-refractivity contribution in [2.24, 2.45) is 11.7 Å². The summed E-state index contributed by atoms with van der Waals surface area (Å²) in [6.07, 6.45) is -2.57. The van der Waals surface area contributed by atoms with E-state index in [1.54, 1.807) is 0 Å². The zero-order valence-corrected chi connectivity index (χ0v) is 12.0. The Kier molecular flexibility index (Phi) is 4.88. The zero-order valence-electron chi connectivity index (χ0n) is 12.0. The number of likely N-dealkylation sites (tertiary alicyclic amines) is 1. The smallest absolute Gasteiger partial charge is 0.329 e. The lowest BCUT2D eigenvalue weighted by Crippen LogP contribution is -2.40. The maximum absolute atomic E-state index is 13.4. The van der Waals surface area contributed by atoms with E-state index in [-0.39, 0.29) is 12.6 Å². The van der Waals surface area contributed by atoms with Crippen LogP contribution in [0.15, 0.2) is 18.2 Å². The third-order valence-corrected chi connectivity index (χ3v) is 4.03. The van der Waals surface area contributed by atoms with E-state index in [2.05, 4.69) is 11.8 Å². The van der Waals surface area contributed by atoms with Crippen LogP contribution in [0.25, 0.3) is 0 Å². The highest BCUT2D eigenvalue weighted by Gasteiger charge is 2.35. The van der Waals surface area contributed by atoms with E-state index in [4.69, 9.17) is 5.73 Å². The largest absolute Gasteiger partial charge is 0.419 e. The normalized spacial score (nSPS) is 22.3. The molecule has 0 amide bonds. The van der Waals surface area contributed by atoms with Crippen molar-refractivity contribution >= 4 is 0 Å². The number of alkyl halides is 3. The molecule has 1 aromatic carbocycles. The number of rotatable bonds is 3. The van der Waals surface area contributed by atoms with Crippen molar-refractivity contribution in [3.05, 3.63) is 35.1 Å². The molecule has 0 aliphatic carbocycles. The monoisotopic (exact) mass is 304 g/mol. The van der Waals surface area contributed by atoms with E-state index in [0.29, 0.717) is 11.5 Å². The van der Waals surface area contributed by atoms with Crippen LogP contribution in [0.3, 0.4) is 0 Å². The number of hydrogen-bond acceptors (Lipinski definition) is 2. The average molecular weight is 304 g/mol. The first kappa shape index (κ1) is 16.2. The molecule has 1 fully saturated rings. The topological polar surface area (TPSA) is 29.3 Å². The van der Waals surface area contributed by atoms with Crippen LogP contribution in [0.2, 0.25) is 0 Å². The molecule has 1 heterocycles. The first-order valence-electron chi connectivity index (χ1n) is 7.13. The molecule has 2 rings (SSSR count). The molecule has 0 radical (unpaired) electrons. The molecule has 0 spiro atoms. The Bertz CT molecular complexity index is 487. The molecule has 1 aliphatic rings. The molecule has 1 saturated heterocycles. The SMILES string of the molecule is CC1CCCN(C(CN)c2ccc(F)c(C(F)(F)F)c2)C1. The molecule has 0 saturated carbocycles. The fourth-order valence-corrected chi connectivity index (χ4v) is 2.97. The van der Waals surface area contributed by atoms with Gasteiger partial charge in [0.25, 0.3) is 0 Å². The standard InChI is InChI=1S/C15H20F4N2/c1-10-3-2-6-21(9-10)14(8-20)11-4-5-13(16)12(7-11)15(17,18)19/h4-5,7,10,14H,2-3,6,8-9,20H2,1H3. The van der Waals surface area contributed by atoms with Gasteiger partial charge in [0, 0.05) is 19.1 Å². The van der Waals surface area contributed by atoms with Gasteiger partial charge in [-0.3, -0.25) is 4.90 Å². The Balaban J connectivity index is 2.30. The Morgan fingerprint density at radius 2 is 2.10 bits per heavy atom. The van der Waals surface area contributed by atoms with Gasteiger partial charge >= 0.3 is 6.18 Å². The minimum Gasteiger partial charge on any atom is -0.329 e. The molecule has 21 heavy (non-hydrogen) atoms. The van der Waals surface area contributed by atoms with Gasteiger partial charge in [-0.05, 0) is 43.0 Å². The van der Waals surface area contributed by atoms with Crippen molar-refractivity contribution in [1.29, 1.82) is 0 Å². The van der Waals surface area contributed by atoms with E-state index in [0.717, 1.165) is 38.1 Å². The van der Waals surface area contributed by atoms with Crippen molar-refractivity contribution < 1.29 is 17.6 Å². The molecule has 2 N–H and O–H groups in total. The maximum atomic E-state index is 13.4. The van der Waals surface area contributed by atoms with Gasteiger partial charge in [-0.1, -0.05) is 13.0 Å². The Hall–Kier alpha value is -1.14. The van der Waals surface area contributed by atoms with Gasteiger partial charge in [0.1, 0.15) is 5.82 Å². The van der Waals surface area contributed by atoms with Gasteiger partial charge in [0.2, 0.25) is 0 Å². The summed E-state index contributed by atoms with van der Waals surface area (Å²) in [4.78, 5) is 2.10. The molecule has 0 aromatic heterocycles. The van der Waals surface area contributed by atoms with E-state index in [1.807, 2.05) is 0 Å². The molecule has 118 valence electrons. The molecule has 1 aliphatic heterocycles. The average Bonchev–Trinajstić information content (AvgIpc) is 2.40. The number of nitrogens with two attached hydrogens (primary N) is 1. The van der Waals surface area contributed by atoms with Crippen LogP contribution in [-0.2, 0) is 6.18 Å². The summed E-state index contributed by atoms with van der Waals surface area (Å²) in [7, 11) is 0. The van der Waals surface area contributed by atoms with E-state index >= 15 is 0 Å². The molecule has 0 bridgehead atoms. The Morgan fingerprint density at radius 3 is 2.67 bits per heavy atom. The summed E-state index contributed by atoms with van der Waals surface area (Å²) < 4.78 is 51.8. The van der Waals surface area contributed by atoms with Gasteiger partial charge in [0.05, 0.1) is 5.56 Å². The van der Waals surface area contributed by atoms with Crippen molar-refractivity contribution in [1.82, 2.24) is 4.90 Å². The predicted molar refractivity (Wildman–Crippen MR) is 73.2 cm³/mol. The summed E-state index contributed by atoms with van der Waals surface area (Å²) in [6, 6.07) is 2.89. The van der Waals surface area contributed by atoms with Gasteiger partial charge in [-0.15, -0.1) is 0 Å². The second-order valence-electron chi connectivity index (χ2n) is 5.73. The van der Waals surface area contributed by atoms with Crippen LogP contribution >= 0.6 is 0 Å². The lowest BCUT2D eigenvalue weighted by atomic mass is 9.95. The lowest BCUT2D eigenvalue weighted by Gasteiger charge is -2.37. The summed E-state index contributed by atoms with van der Waals surface area (Å²) in [5, 5.41) is 0. The van der Waals surface area contributed by atoms with Gasteiger partial charge < -0.3 is 5.73 Å². The Morgan fingerprint density at radius 1 is 1.38 bits per heavy atom. The highest BCUT2D eigenvalue weighted by molar-refractivity contribution is 5.30. The van der Waals surface area contributed by atoms with E-state index in [1.165, 1.54) is 6.07 Å². The molecule has 2 atom stereocenters. The number of halogens is 4. The molecule has 2 nitrogen and oxygen atoms in total. The van der Waals surface area contributed by atoms with Crippen molar-refractivity contribution in [3.63, 3.8) is 0 Å². The van der Waals surface area contributed by atoms with Crippen LogP contribution in [0.4, 0.5) is 17.6 Å². The van der Waals surface area contributed by atoms with Crippen molar-refractivity contribution in [3.8, 4) is 0 Å². The Labute approximate surface area is 121 Å². The van der Waals surface area contributed by atoms with Crippen molar-refractivity contribution in [2.75, 3.05) is 19.6 Å². The maximum Gasteiger partial charge on any atom is 0.419 e. The van der Waals surface area contributed by atoms with Crippen LogP contribution in [0, 0.1) is 11.7 Å². The fraction of sp³-hybridized carbons (Fsp3) is 0.600. The molecular weight excluding hydrogens is 284 g/mol. The third kappa shape index (κ3) is 3.74. The summed E-state index contributed by atoms with van der Waals surface area (Å²) in [5.41, 5.74) is 4.97.